The molecule has 0 saturated carbocycles. The predicted molar refractivity (Wildman–Crippen MR) is 58.5 cm³/mol. The number of aryl methyl sites for hydroxylation is 2. The second-order valence-electron chi connectivity index (χ2n) is 3.57. The highest BCUT2D eigenvalue weighted by atomic mass is 16.3. The number of hydrogen-bond acceptors (Lipinski definition) is 5. The van der Waals surface area contributed by atoms with Gasteiger partial charge in [-0.2, -0.15) is 0 Å². The quantitative estimate of drug-likeness (QED) is 0.812. The Labute approximate surface area is 93.3 Å². The second kappa shape index (κ2) is 4.32. The lowest BCUT2D eigenvalue weighted by Crippen LogP contribution is -2.00. The second-order valence-corrected chi connectivity index (χ2v) is 3.57. The van der Waals surface area contributed by atoms with Crippen LogP contribution in [0.3, 0.4) is 0 Å². The number of rotatable bonds is 2. The Morgan fingerprint density at radius 1 is 1.06 bits per heavy atom. The van der Waals surface area contributed by atoms with Gasteiger partial charge in [-0.3, -0.25) is 0 Å². The van der Waals surface area contributed by atoms with Gasteiger partial charge in [-0.25, -0.2) is 19.9 Å². The molecule has 0 unspecified atom stereocenters. The van der Waals surface area contributed by atoms with Crippen molar-refractivity contribution in [2.24, 2.45) is 0 Å². The zero-order valence-corrected chi connectivity index (χ0v) is 9.18. The average Bonchev–Trinajstić information content (AvgIpc) is 2.29. The van der Waals surface area contributed by atoms with Crippen molar-refractivity contribution in [1.82, 2.24) is 19.9 Å². The average molecular weight is 216 g/mol. The van der Waals surface area contributed by atoms with Gasteiger partial charge >= 0.3 is 0 Å². The van der Waals surface area contributed by atoms with Crippen LogP contribution in [0.5, 0.6) is 0 Å². The Balaban J connectivity index is 2.47. The van der Waals surface area contributed by atoms with Crippen LogP contribution in [0.4, 0.5) is 0 Å². The van der Waals surface area contributed by atoms with Crippen molar-refractivity contribution < 1.29 is 5.11 Å². The summed E-state index contributed by atoms with van der Waals surface area (Å²) in [4.78, 5) is 16.7. The molecule has 2 heterocycles. The Kier molecular flexibility index (Phi) is 2.87. The minimum atomic E-state index is -0.109. The number of aliphatic hydroxyl groups excluding tert-OH is 1. The van der Waals surface area contributed by atoms with Crippen LogP contribution in [0, 0.1) is 13.8 Å². The van der Waals surface area contributed by atoms with Gasteiger partial charge in [0.1, 0.15) is 0 Å². The number of aromatic nitrogens is 4. The lowest BCUT2D eigenvalue weighted by atomic mass is 10.3. The van der Waals surface area contributed by atoms with E-state index in [0.29, 0.717) is 17.3 Å². The highest BCUT2D eigenvalue weighted by molar-refractivity contribution is 5.43. The first kappa shape index (κ1) is 10.6. The third kappa shape index (κ3) is 2.20. The molecule has 5 nitrogen and oxygen atoms in total. The van der Waals surface area contributed by atoms with Gasteiger partial charge in [0.2, 0.25) is 0 Å². The van der Waals surface area contributed by atoms with Crippen molar-refractivity contribution in [3.8, 4) is 11.6 Å². The summed E-state index contributed by atoms with van der Waals surface area (Å²) in [7, 11) is 0. The van der Waals surface area contributed by atoms with E-state index in [-0.39, 0.29) is 6.61 Å². The standard InChI is InChI=1S/C11H12N4O/c1-7-4-12-10(13-5-7)11-14-8(2)3-9(6-16)15-11/h3-5,16H,6H2,1-2H3. The van der Waals surface area contributed by atoms with Crippen LogP contribution in [-0.4, -0.2) is 25.0 Å². The molecule has 0 aliphatic carbocycles. The van der Waals surface area contributed by atoms with Crippen LogP contribution in [-0.2, 0) is 6.61 Å². The normalized spacial score (nSPS) is 10.4. The minimum Gasteiger partial charge on any atom is -0.390 e. The van der Waals surface area contributed by atoms with Crippen molar-refractivity contribution in [2.75, 3.05) is 0 Å². The smallest absolute Gasteiger partial charge is 0.198 e. The maximum Gasteiger partial charge on any atom is 0.198 e. The maximum atomic E-state index is 9.05. The first-order chi connectivity index (χ1) is 7.69. The van der Waals surface area contributed by atoms with Gasteiger partial charge in [-0.1, -0.05) is 0 Å². The number of nitrogens with zero attached hydrogens (tertiary/aromatic N) is 4. The molecule has 2 rings (SSSR count). The van der Waals surface area contributed by atoms with Crippen LogP contribution >= 0.6 is 0 Å². The Morgan fingerprint density at radius 3 is 2.38 bits per heavy atom. The summed E-state index contributed by atoms with van der Waals surface area (Å²) >= 11 is 0. The molecule has 0 radical (unpaired) electrons. The molecule has 0 aromatic carbocycles. The molecule has 1 N–H and O–H groups in total. The molecular weight excluding hydrogens is 204 g/mol. The molecular formula is C11H12N4O. The lowest BCUT2D eigenvalue weighted by molar-refractivity contribution is 0.276. The van der Waals surface area contributed by atoms with E-state index in [1.165, 1.54) is 0 Å². The van der Waals surface area contributed by atoms with Crippen LogP contribution in [0.1, 0.15) is 17.0 Å². The SMILES string of the molecule is Cc1cnc(-c2nc(C)cc(CO)n2)nc1. The predicted octanol–water partition coefficient (Wildman–Crippen LogP) is 1.04. The van der Waals surface area contributed by atoms with E-state index in [0.717, 1.165) is 11.3 Å². The first-order valence-corrected chi connectivity index (χ1v) is 4.93. The topological polar surface area (TPSA) is 71.8 Å². The van der Waals surface area contributed by atoms with E-state index in [9.17, 15) is 0 Å². The summed E-state index contributed by atoms with van der Waals surface area (Å²) in [5, 5.41) is 9.05. The molecule has 16 heavy (non-hydrogen) atoms. The molecule has 0 spiro atoms. The van der Waals surface area contributed by atoms with E-state index >= 15 is 0 Å². The molecule has 0 aliphatic heterocycles. The summed E-state index contributed by atoms with van der Waals surface area (Å²) in [6.07, 6.45) is 3.43. The molecule has 5 heteroatoms. The lowest BCUT2D eigenvalue weighted by Gasteiger charge is -2.02. The van der Waals surface area contributed by atoms with E-state index in [2.05, 4.69) is 19.9 Å². The van der Waals surface area contributed by atoms with Crippen molar-refractivity contribution >= 4 is 0 Å². The van der Waals surface area contributed by atoms with Gasteiger partial charge in [-0.05, 0) is 25.5 Å². The highest BCUT2D eigenvalue weighted by Gasteiger charge is 2.06. The van der Waals surface area contributed by atoms with Crippen LogP contribution < -0.4 is 0 Å². The fraction of sp³-hybridized carbons (Fsp3) is 0.273. The minimum absolute atomic E-state index is 0.109. The monoisotopic (exact) mass is 216 g/mol. The van der Waals surface area contributed by atoms with Crippen LogP contribution in [0.2, 0.25) is 0 Å². The fourth-order valence-corrected chi connectivity index (χ4v) is 1.32. The van der Waals surface area contributed by atoms with Gasteiger partial charge in [0, 0.05) is 18.1 Å². The summed E-state index contributed by atoms with van der Waals surface area (Å²) in [5.74, 6) is 0.924. The third-order valence-electron chi connectivity index (χ3n) is 2.05. The molecule has 2 aromatic rings. The Morgan fingerprint density at radius 2 is 1.75 bits per heavy atom. The first-order valence-electron chi connectivity index (χ1n) is 4.93. The Bertz CT molecular complexity index is 496. The zero-order chi connectivity index (χ0) is 11.5. The summed E-state index contributed by atoms with van der Waals surface area (Å²) in [5.41, 5.74) is 2.35. The van der Waals surface area contributed by atoms with Crippen molar-refractivity contribution in [1.29, 1.82) is 0 Å². The van der Waals surface area contributed by atoms with Gasteiger partial charge < -0.3 is 5.11 Å². The van der Waals surface area contributed by atoms with E-state index in [4.69, 9.17) is 5.11 Å². The molecule has 0 atom stereocenters. The molecule has 0 amide bonds. The third-order valence-corrected chi connectivity index (χ3v) is 2.05. The fourth-order valence-electron chi connectivity index (χ4n) is 1.32. The summed E-state index contributed by atoms with van der Waals surface area (Å²) in [6, 6.07) is 1.73. The van der Waals surface area contributed by atoms with E-state index < -0.39 is 0 Å². The van der Waals surface area contributed by atoms with Crippen molar-refractivity contribution in [3.63, 3.8) is 0 Å². The Hall–Kier alpha value is -1.88. The molecule has 0 saturated heterocycles. The number of hydrogen-bond donors (Lipinski definition) is 1. The molecule has 0 bridgehead atoms. The molecule has 82 valence electrons. The zero-order valence-electron chi connectivity index (χ0n) is 9.18. The largest absolute Gasteiger partial charge is 0.390 e. The molecule has 0 fully saturated rings. The van der Waals surface area contributed by atoms with Gasteiger partial charge in [0.25, 0.3) is 0 Å². The molecule has 0 aliphatic rings. The van der Waals surface area contributed by atoms with E-state index in [1.807, 2.05) is 13.8 Å². The van der Waals surface area contributed by atoms with Gasteiger partial charge in [0.15, 0.2) is 11.6 Å². The van der Waals surface area contributed by atoms with Crippen molar-refractivity contribution in [3.05, 3.63) is 35.4 Å². The summed E-state index contributed by atoms with van der Waals surface area (Å²) in [6.45, 7) is 3.65. The number of aliphatic hydroxyl groups is 1. The summed E-state index contributed by atoms with van der Waals surface area (Å²) < 4.78 is 0. The van der Waals surface area contributed by atoms with Crippen LogP contribution in [0.25, 0.3) is 11.6 Å². The highest BCUT2D eigenvalue weighted by Crippen LogP contribution is 2.10. The maximum absolute atomic E-state index is 9.05. The molecule has 2 aromatic heterocycles. The van der Waals surface area contributed by atoms with Gasteiger partial charge in [0.05, 0.1) is 12.3 Å². The van der Waals surface area contributed by atoms with Gasteiger partial charge in [-0.15, -0.1) is 0 Å². The van der Waals surface area contributed by atoms with E-state index in [1.54, 1.807) is 18.5 Å². The van der Waals surface area contributed by atoms with Crippen molar-refractivity contribution in [2.45, 2.75) is 20.5 Å². The van der Waals surface area contributed by atoms with Crippen LogP contribution in [0.15, 0.2) is 18.5 Å².